The van der Waals surface area contributed by atoms with Crippen molar-refractivity contribution in [2.75, 3.05) is 6.61 Å². The molecule has 4 fully saturated rings. The largest absolute Gasteiger partial charge is 0.377 e. The minimum Gasteiger partial charge on any atom is -0.377 e. The third-order valence-electron chi connectivity index (χ3n) is 8.36. The summed E-state index contributed by atoms with van der Waals surface area (Å²) in [5.74, 6) is 2.92. The van der Waals surface area contributed by atoms with Crippen LogP contribution in [-0.4, -0.2) is 24.3 Å². The molecule has 128 valence electrons. The summed E-state index contributed by atoms with van der Waals surface area (Å²) in [6.07, 6.45) is 7.14. The minimum atomic E-state index is 0.138. The molecule has 0 radical (unpaired) electrons. The van der Waals surface area contributed by atoms with Crippen LogP contribution in [0.15, 0.2) is 0 Å². The van der Waals surface area contributed by atoms with E-state index in [1.165, 1.54) is 19.3 Å². The number of rotatable bonds is 1. The summed E-state index contributed by atoms with van der Waals surface area (Å²) in [6, 6.07) is 0. The topological polar surface area (TPSA) is 43.4 Å². The summed E-state index contributed by atoms with van der Waals surface area (Å²) >= 11 is 0. The molecule has 3 saturated carbocycles. The first kappa shape index (κ1) is 15.8. The Kier molecular flexibility index (Phi) is 3.54. The molecule has 0 bridgehead atoms. The van der Waals surface area contributed by atoms with Crippen LogP contribution in [0.4, 0.5) is 0 Å². The van der Waals surface area contributed by atoms with E-state index in [4.69, 9.17) is 4.74 Å². The molecule has 3 aliphatic carbocycles. The first-order valence-electron chi connectivity index (χ1n) is 9.50. The van der Waals surface area contributed by atoms with Crippen molar-refractivity contribution in [2.45, 2.75) is 71.8 Å². The molecule has 0 aromatic rings. The normalized spacial score (nSPS) is 52.5. The number of ketones is 2. The predicted octanol–water partition coefficient (Wildman–Crippen LogP) is 3.79. The lowest BCUT2D eigenvalue weighted by molar-refractivity contribution is -0.199. The van der Waals surface area contributed by atoms with Gasteiger partial charge in [-0.2, -0.15) is 0 Å². The van der Waals surface area contributed by atoms with Crippen molar-refractivity contribution < 1.29 is 14.3 Å². The molecule has 4 aliphatic rings. The van der Waals surface area contributed by atoms with Gasteiger partial charge < -0.3 is 4.74 Å². The monoisotopic (exact) mass is 318 g/mol. The second-order valence-electron chi connectivity index (χ2n) is 9.23. The zero-order valence-corrected chi connectivity index (χ0v) is 14.8. The van der Waals surface area contributed by atoms with E-state index >= 15 is 0 Å². The van der Waals surface area contributed by atoms with Gasteiger partial charge in [0.05, 0.1) is 12.7 Å². The van der Waals surface area contributed by atoms with E-state index in [1.807, 2.05) is 0 Å². The molecule has 1 saturated heterocycles. The van der Waals surface area contributed by atoms with E-state index in [0.717, 1.165) is 25.9 Å². The summed E-state index contributed by atoms with van der Waals surface area (Å²) in [5.41, 5.74) is 0.358. The van der Waals surface area contributed by atoms with Crippen molar-refractivity contribution in [1.29, 1.82) is 0 Å². The van der Waals surface area contributed by atoms with Crippen LogP contribution in [0.2, 0.25) is 0 Å². The molecule has 0 spiro atoms. The average Bonchev–Trinajstić information content (AvgIpc) is 2.85. The molecule has 23 heavy (non-hydrogen) atoms. The molecule has 3 heteroatoms. The third-order valence-corrected chi connectivity index (χ3v) is 8.36. The lowest BCUT2D eigenvalue weighted by Gasteiger charge is -2.59. The van der Waals surface area contributed by atoms with Gasteiger partial charge in [0, 0.05) is 18.8 Å². The summed E-state index contributed by atoms with van der Waals surface area (Å²) < 4.78 is 6.27. The molecule has 0 aromatic heterocycles. The molecule has 0 amide bonds. The molecular formula is C20H30O3. The van der Waals surface area contributed by atoms with Gasteiger partial charge in [0.15, 0.2) is 0 Å². The molecule has 0 aromatic carbocycles. The van der Waals surface area contributed by atoms with Crippen LogP contribution >= 0.6 is 0 Å². The highest BCUT2D eigenvalue weighted by atomic mass is 16.5. The fourth-order valence-corrected chi connectivity index (χ4v) is 7.02. The van der Waals surface area contributed by atoms with Crippen LogP contribution < -0.4 is 0 Å². The van der Waals surface area contributed by atoms with Crippen LogP contribution in [0.25, 0.3) is 0 Å². The van der Waals surface area contributed by atoms with Gasteiger partial charge in [-0.15, -0.1) is 0 Å². The lowest BCUT2D eigenvalue weighted by atomic mass is 9.49. The van der Waals surface area contributed by atoms with Gasteiger partial charge in [0.1, 0.15) is 11.6 Å². The number of hydrogen-bond acceptors (Lipinski definition) is 3. The number of Topliss-reactive ketones (excluding diaryl/α,β-unsaturated/α-hetero) is 2. The standard InChI is InChI=1S/C20H30O3/c1-12(21)15-4-5-16-14-11-23-18-10-13(22)6-8-20(18,3)17(14)7-9-19(15,16)2/h14-18H,4-11H2,1-3H3/t14-,15+,16-,17-,18+,19+,20+/m0/s1. The Morgan fingerprint density at radius 2 is 1.83 bits per heavy atom. The van der Waals surface area contributed by atoms with Gasteiger partial charge in [-0.25, -0.2) is 0 Å². The highest BCUT2D eigenvalue weighted by Gasteiger charge is 2.61. The van der Waals surface area contributed by atoms with Crippen molar-refractivity contribution in [3.63, 3.8) is 0 Å². The molecule has 3 nitrogen and oxygen atoms in total. The third kappa shape index (κ3) is 2.11. The summed E-state index contributed by atoms with van der Waals surface area (Å²) in [4.78, 5) is 24.0. The van der Waals surface area contributed by atoms with E-state index in [2.05, 4.69) is 13.8 Å². The van der Waals surface area contributed by atoms with Crippen LogP contribution in [0.1, 0.15) is 65.7 Å². The van der Waals surface area contributed by atoms with Crippen molar-refractivity contribution in [1.82, 2.24) is 0 Å². The van der Waals surface area contributed by atoms with Crippen LogP contribution in [0, 0.1) is 34.5 Å². The SMILES string of the molecule is CC(=O)[C@H]1CC[C@H]2[C@@H]3CO[C@@H]4CC(=O)CC[C@]4(C)[C@H]3CC[C@]12C. The van der Waals surface area contributed by atoms with Crippen molar-refractivity contribution >= 4 is 11.6 Å². The van der Waals surface area contributed by atoms with Gasteiger partial charge in [0.25, 0.3) is 0 Å². The molecule has 1 aliphatic heterocycles. The predicted molar refractivity (Wildman–Crippen MR) is 87.9 cm³/mol. The fraction of sp³-hybridized carbons (Fsp3) is 0.900. The number of ether oxygens (including phenoxy) is 1. The zero-order chi connectivity index (χ0) is 16.4. The number of carbonyl (C=O) groups excluding carboxylic acids is 2. The number of hydrogen-bond donors (Lipinski definition) is 0. The van der Waals surface area contributed by atoms with Gasteiger partial charge in [-0.3, -0.25) is 9.59 Å². The fourth-order valence-electron chi connectivity index (χ4n) is 7.02. The van der Waals surface area contributed by atoms with Gasteiger partial charge in [-0.1, -0.05) is 13.8 Å². The molecular weight excluding hydrogens is 288 g/mol. The minimum absolute atomic E-state index is 0.138. The van der Waals surface area contributed by atoms with Crippen molar-refractivity contribution in [3.05, 3.63) is 0 Å². The van der Waals surface area contributed by atoms with Crippen LogP contribution in [0.3, 0.4) is 0 Å². The average molecular weight is 318 g/mol. The highest BCUT2D eigenvalue weighted by Crippen LogP contribution is 2.64. The zero-order valence-electron chi connectivity index (χ0n) is 14.8. The summed E-state index contributed by atoms with van der Waals surface area (Å²) in [5, 5.41) is 0. The maximum Gasteiger partial charge on any atom is 0.135 e. The second-order valence-corrected chi connectivity index (χ2v) is 9.23. The Hall–Kier alpha value is -0.700. The summed E-state index contributed by atoms with van der Waals surface area (Å²) in [6.45, 7) is 7.34. The maximum absolute atomic E-state index is 12.1. The van der Waals surface area contributed by atoms with Crippen LogP contribution in [-0.2, 0) is 14.3 Å². The van der Waals surface area contributed by atoms with Gasteiger partial charge in [-0.05, 0) is 67.6 Å². The quantitative estimate of drug-likeness (QED) is 0.739. The van der Waals surface area contributed by atoms with E-state index in [1.54, 1.807) is 6.92 Å². The van der Waals surface area contributed by atoms with Crippen LogP contribution in [0.5, 0.6) is 0 Å². The Balaban J connectivity index is 1.63. The second kappa shape index (κ2) is 5.15. The Bertz CT molecular complexity index is 541. The van der Waals surface area contributed by atoms with Gasteiger partial charge >= 0.3 is 0 Å². The Morgan fingerprint density at radius 1 is 1.09 bits per heavy atom. The first-order chi connectivity index (χ1) is 10.9. The number of fused-ring (bicyclic) bond motifs is 5. The molecule has 4 rings (SSSR count). The van der Waals surface area contributed by atoms with E-state index < -0.39 is 0 Å². The van der Waals surface area contributed by atoms with E-state index in [0.29, 0.717) is 35.7 Å². The van der Waals surface area contributed by atoms with Gasteiger partial charge in [0.2, 0.25) is 0 Å². The highest BCUT2D eigenvalue weighted by molar-refractivity contribution is 5.80. The van der Waals surface area contributed by atoms with E-state index in [9.17, 15) is 9.59 Å². The molecule has 0 N–H and O–H groups in total. The van der Waals surface area contributed by atoms with Crippen molar-refractivity contribution in [3.8, 4) is 0 Å². The lowest BCUT2D eigenvalue weighted by Crippen LogP contribution is -2.58. The number of carbonyl (C=O) groups is 2. The molecule has 0 unspecified atom stereocenters. The first-order valence-corrected chi connectivity index (χ1v) is 9.50. The maximum atomic E-state index is 12.1. The Labute approximate surface area is 139 Å². The van der Waals surface area contributed by atoms with E-state index in [-0.39, 0.29) is 22.9 Å². The summed E-state index contributed by atoms with van der Waals surface area (Å²) in [7, 11) is 0. The van der Waals surface area contributed by atoms with Crippen molar-refractivity contribution in [2.24, 2.45) is 34.5 Å². The smallest absolute Gasteiger partial charge is 0.135 e. The Morgan fingerprint density at radius 3 is 2.57 bits per heavy atom. The molecule has 7 atom stereocenters. The molecule has 1 heterocycles.